The molecule has 0 atom stereocenters. The van der Waals surface area contributed by atoms with E-state index in [9.17, 15) is 4.79 Å². The first-order valence-corrected chi connectivity index (χ1v) is 7.80. The van der Waals surface area contributed by atoms with Crippen LogP contribution in [0.4, 0.5) is 11.4 Å². The summed E-state index contributed by atoms with van der Waals surface area (Å²) in [6.45, 7) is 2.02. The van der Waals surface area contributed by atoms with Gasteiger partial charge in [0.05, 0.1) is 25.5 Å². The molecule has 2 aromatic rings. The zero-order chi connectivity index (χ0) is 17.1. The molecule has 1 aliphatic rings. The lowest BCUT2D eigenvalue weighted by atomic mass is 10.0. The number of nitrogens with one attached hydrogen (secondary N) is 2. The van der Waals surface area contributed by atoms with Gasteiger partial charge in [0.15, 0.2) is 11.5 Å². The summed E-state index contributed by atoms with van der Waals surface area (Å²) in [5.74, 6) is 1.06. The minimum Gasteiger partial charge on any atom is -0.493 e. The molecule has 0 unspecified atom stereocenters. The van der Waals surface area contributed by atoms with E-state index in [0.29, 0.717) is 23.5 Å². The molecule has 0 spiro atoms. The molecule has 1 aliphatic heterocycles. The van der Waals surface area contributed by atoms with Crippen LogP contribution in [0.5, 0.6) is 11.5 Å². The molecular formula is C19H20N2O3. The van der Waals surface area contributed by atoms with E-state index >= 15 is 0 Å². The molecule has 0 bridgehead atoms. The fraction of sp³-hybridized carbons (Fsp3) is 0.211. The number of fused-ring (bicyclic) bond motifs is 1. The third kappa shape index (κ3) is 2.80. The van der Waals surface area contributed by atoms with Gasteiger partial charge in [-0.1, -0.05) is 25.1 Å². The van der Waals surface area contributed by atoms with E-state index in [-0.39, 0.29) is 5.91 Å². The Kier molecular flexibility index (Phi) is 4.42. The molecule has 24 heavy (non-hydrogen) atoms. The Morgan fingerprint density at radius 1 is 1.08 bits per heavy atom. The van der Waals surface area contributed by atoms with Crippen LogP contribution in [0.25, 0.3) is 5.57 Å². The molecule has 0 aliphatic carbocycles. The van der Waals surface area contributed by atoms with Crippen molar-refractivity contribution in [3.8, 4) is 11.5 Å². The van der Waals surface area contributed by atoms with Gasteiger partial charge in [-0.15, -0.1) is 0 Å². The Hall–Kier alpha value is -2.95. The quantitative estimate of drug-likeness (QED) is 0.819. The fourth-order valence-corrected chi connectivity index (χ4v) is 2.82. The number of rotatable bonds is 5. The van der Waals surface area contributed by atoms with E-state index in [0.717, 1.165) is 22.6 Å². The molecule has 124 valence electrons. The molecule has 1 amide bonds. The Balaban J connectivity index is 2.09. The molecule has 0 saturated carbocycles. The molecule has 0 fully saturated rings. The first-order valence-electron chi connectivity index (χ1n) is 7.80. The molecule has 2 N–H and O–H groups in total. The van der Waals surface area contributed by atoms with Crippen molar-refractivity contribution in [2.75, 3.05) is 24.9 Å². The monoisotopic (exact) mass is 324 g/mol. The number of benzene rings is 2. The number of hydrogen-bond acceptors (Lipinski definition) is 4. The molecule has 0 aromatic heterocycles. The second-order valence-corrected chi connectivity index (χ2v) is 5.41. The fourth-order valence-electron chi connectivity index (χ4n) is 2.82. The van der Waals surface area contributed by atoms with E-state index < -0.39 is 0 Å². The second-order valence-electron chi connectivity index (χ2n) is 5.41. The maximum atomic E-state index is 12.5. The van der Waals surface area contributed by atoms with Crippen LogP contribution in [0, 0.1) is 0 Å². The van der Waals surface area contributed by atoms with Crippen molar-refractivity contribution >= 4 is 22.9 Å². The SMILES string of the molecule is CC/C(Nc1ccccc1)=C1/C(=O)Nc2cc(OC)c(OC)cc21. The predicted octanol–water partition coefficient (Wildman–Crippen LogP) is 3.89. The number of amides is 1. The summed E-state index contributed by atoms with van der Waals surface area (Å²) >= 11 is 0. The van der Waals surface area contributed by atoms with Crippen LogP contribution in [-0.2, 0) is 4.79 Å². The Labute approximate surface area is 141 Å². The summed E-state index contributed by atoms with van der Waals surface area (Å²) in [6, 6.07) is 13.4. The van der Waals surface area contributed by atoms with E-state index in [1.54, 1.807) is 20.3 Å². The third-order valence-electron chi connectivity index (χ3n) is 3.99. The maximum Gasteiger partial charge on any atom is 0.258 e. The number of anilines is 2. The summed E-state index contributed by atoms with van der Waals surface area (Å²) in [5.41, 5.74) is 4.00. The average Bonchev–Trinajstić information content (AvgIpc) is 2.94. The van der Waals surface area contributed by atoms with Gasteiger partial charge in [0.2, 0.25) is 0 Å². The highest BCUT2D eigenvalue weighted by Crippen LogP contribution is 2.42. The van der Waals surface area contributed by atoms with Crippen molar-refractivity contribution in [1.29, 1.82) is 0 Å². The summed E-state index contributed by atoms with van der Waals surface area (Å²) in [4.78, 5) is 12.5. The van der Waals surface area contributed by atoms with Gasteiger partial charge in [0.25, 0.3) is 5.91 Å². The normalized spacial score (nSPS) is 14.7. The van der Waals surface area contributed by atoms with E-state index in [1.165, 1.54) is 0 Å². The van der Waals surface area contributed by atoms with Gasteiger partial charge in [-0.25, -0.2) is 0 Å². The van der Waals surface area contributed by atoms with Crippen LogP contribution in [-0.4, -0.2) is 20.1 Å². The van der Waals surface area contributed by atoms with E-state index in [1.807, 2.05) is 43.3 Å². The largest absolute Gasteiger partial charge is 0.493 e. The third-order valence-corrected chi connectivity index (χ3v) is 3.99. The van der Waals surface area contributed by atoms with Gasteiger partial charge in [0.1, 0.15) is 0 Å². The van der Waals surface area contributed by atoms with Crippen LogP contribution < -0.4 is 20.1 Å². The zero-order valence-corrected chi connectivity index (χ0v) is 14.0. The number of carbonyl (C=O) groups excluding carboxylic acids is 1. The highest BCUT2D eigenvalue weighted by atomic mass is 16.5. The topological polar surface area (TPSA) is 59.6 Å². The minimum atomic E-state index is -0.124. The molecule has 0 radical (unpaired) electrons. The number of allylic oxidation sites excluding steroid dienone is 1. The average molecular weight is 324 g/mol. The summed E-state index contributed by atoms with van der Waals surface area (Å²) in [7, 11) is 3.16. The number of carbonyl (C=O) groups is 1. The number of methoxy groups -OCH3 is 2. The van der Waals surface area contributed by atoms with E-state index in [4.69, 9.17) is 9.47 Å². The van der Waals surface area contributed by atoms with Gasteiger partial charge < -0.3 is 20.1 Å². The maximum absolute atomic E-state index is 12.5. The smallest absolute Gasteiger partial charge is 0.258 e. The van der Waals surface area contributed by atoms with Crippen molar-refractivity contribution in [2.45, 2.75) is 13.3 Å². The molecule has 3 rings (SSSR count). The van der Waals surface area contributed by atoms with Gasteiger partial charge in [0, 0.05) is 23.0 Å². The minimum absolute atomic E-state index is 0.124. The van der Waals surface area contributed by atoms with Crippen molar-refractivity contribution < 1.29 is 14.3 Å². The lowest BCUT2D eigenvalue weighted by molar-refractivity contribution is -0.110. The van der Waals surface area contributed by atoms with Gasteiger partial charge in [-0.05, 0) is 24.6 Å². The Morgan fingerprint density at radius 3 is 2.38 bits per heavy atom. The van der Waals surface area contributed by atoms with Gasteiger partial charge in [-0.3, -0.25) is 4.79 Å². The number of para-hydroxylation sites is 1. The van der Waals surface area contributed by atoms with Crippen molar-refractivity contribution in [2.24, 2.45) is 0 Å². The van der Waals surface area contributed by atoms with Crippen molar-refractivity contribution in [3.63, 3.8) is 0 Å². The second kappa shape index (κ2) is 6.66. The van der Waals surface area contributed by atoms with Crippen LogP contribution in [0.1, 0.15) is 18.9 Å². The Morgan fingerprint density at radius 2 is 1.75 bits per heavy atom. The van der Waals surface area contributed by atoms with Gasteiger partial charge in [-0.2, -0.15) is 0 Å². The summed E-state index contributed by atoms with van der Waals surface area (Å²) in [5, 5.41) is 6.26. The van der Waals surface area contributed by atoms with E-state index in [2.05, 4.69) is 10.6 Å². The Bertz CT molecular complexity index is 798. The van der Waals surface area contributed by atoms with Gasteiger partial charge >= 0.3 is 0 Å². The van der Waals surface area contributed by atoms with Crippen LogP contribution in [0.3, 0.4) is 0 Å². The molecule has 0 saturated heterocycles. The lowest BCUT2D eigenvalue weighted by Crippen LogP contribution is -2.10. The molecule has 2 aromatic carbocycles. The molecule has 5 nitrogen and oxygen atoms in total. The van der Waals surface area contributed by atoms with Crippen LogP contribution in [0.15, 0.2) is 48.2 Å². The summed E-state index contributed by atoms with van der Waals surface area (Å²) < 4.78 is 10.7. The highest BCUT2D eigenvalue weighted by molar-refractivity contribution is 6.32. The predicted molar refractivity (Wildman–Crippen MR) is 95.5 cm³/mol. The molecule has 5 heteroatoms. The molecular weight excluding hydrogens is 304 g/mol. The first kappa shape index (κ1) is 15.9. The zero-order valence-electron chi connectivity index (χ0n) is 14.0. The van der Waals surface area contributed by atoms with Crippen LogP contribution >= 0.6 is 0 Å². The number of hydrogen-bond donors (Lipinski definition) is 2. The standard InChI is InChI=1S/C19H20N2O3/c1-4-14(20-12-8-6-5-7-9-12)18-13-10-16(23-2)17(24-3)11-15(13)21-19(18)22/h5-11,20H,4H2,1-3H3,(H,21,22)/b18-14-. The van der Waals surface area contributed by atoms with Crippen molar-refractivity contribution in [3.05, 3.63) is 53.7 Å². The first-order chi connectivity index (χ1) is 11.7. The van der Waals surface area contributed by atoms with Crippen molar-refractivity contribution in [1.82, 2.24) is 0 Å². The van der Waals surface area contributed by atoms with Crippen LogP contribution in [0.2, 0.25) is 0 Å². The molecule has 1 heterocycles. The highest BCUT2D eigenvalue weighted by Gasteiger charge is 2.29. The number of ether oxygens (including phenoxy) is 2. The lowest BCUT2D eigenvalue weighted by Gasteiger charge is -2.13. The summed E-state index contributed by atoms with van der Waals surface area (Å²) in [6.07, 6.45) is 0.700.